The molecule has 1 heterocycles. The fourth-order valence-corrected chi connectivity index (χ4v) is 2.82. The van der Waals surface area contributed by atoms with E-state index in [1.54, 1.807) is 13.0 Å². The van der Waals surface area contributed by atoms with Crippen LogP contribution in [-0.2, 0) is 10.2 Å². The fraction of sp³-hybridized carbons (Fsp3) is 0.400. The molecule has 10 heteroatoms. The quantitative estimate of drug-likeness (QED) is 0.360. The maximum atomic E-state index is 12.4. The van der Waals surface area contributed by atoms with Crippen molar-refractivity contribution in [2.75, 3.05) is 11.2 Å². The summed E-state index contributed by atoms with van der Waals surface area (Å²) in [7, 11) is 0. The van der Waals surface area contributed by atoms with Crippen LogP contribution in [0.4, 0.5) is 11.4 Å². The van der Waals surface area contributed by atoms with E-state index in [0.717, 1.165) is 11.8 Å². The van der Waals surface area contributed by atoms with Crippen LogP contribution < -0.4 is 11.2 Å². The number of aromatic nitrogens is 3. The van der Waals surface area contributed by atoms with Gasteiger partial charge >= 0.3 is 0 Å². The number of rotatable bonds is 5. The Balaban J connectivity index is 2.12. The Morgan fingerprint density at radius 3 is 2.56 bits per heavy atom. The Kier molecular flexibility index (Phi) is 5.31. The molecule has 1 aromatic heterocycles. The third kappa shape index (κ3) is 4.27. The lowest BCUT2D eigenvalue weighted by atomic mass is 9.96. The van der Waals surface area contributed by atoms with Gasteiger partial charge in [0, 0.05) is 11.5 Å². The number of nitro benzene ring substituents is 1. The predicted molar refractivity (Wildman–Crippen MR) is 95.9 cm³/mol. The zero-order valence-corrected chi connectivity index (χ0v) is 15.2. The smallest absolute Gasteiger partial charge is 0.292 e. The first-order chi connectivity index (χ1) is 11.6. The first-order valence-electron chi connectivity index (χ1n) is 7.53. The molecule has 9 nitrogen and oxygen atoms in total. The standard InChI is InChI=1S/C15H20N6O3S/c1-9(25-14-19-18-13(20(14)16)15(2,3)4)12(22)17-10-7-5-6-8-11(10)21(23)24/h5-9H,16H2,1-4H3,(H,17,22). The highest BCUT2D eigenvalue weighted by Gasteiger charge is 2.26. The number of nitrogens with two attached hydrogens (primary N) is 1. The summed E-state index contributed by atoms with van der Waals surface area (Å²) in [6.45, 7) is 7.54. The molecule has 3 N–H and O–H groups in total. The molecule has 1 unspecified atom stereocenters. The SMILES string of the molecule is CC(Sc1nnc(C(C)(C)C)n1N)C(=O)Nc1ccccc1[N+](=O)[O-]. The van der Waals surface area contributed by atoms with Gasteiger partial charge in [-0.05, 0) is 13.0 Å². The van der Waals surface area contributed by atoms with Crippen molar-refractivity contribution < 1.29 is 9.72 Å². The first-order valence-corrected chi connectivity index (χ1v) is 8.41. The number of hydrogen-bond acceptors (Lipinski definition) is 7. The van der Waals surface area contributed by atoms with Crippen molar-refractivity contribution in [2.24, 2.45) is 0 Å². The fourth-order valence-electron chi connectivity index (χ4n) is 2.05. The number of carbonyl (C=O) groups excluding carboxylic acids is 1. The van der Waals surface area contributed by atoms with E-state index < -0.39 is 10.2 Å². The molecule has 134 valence electrons. The van der Waals surface area contributed by atoms with Gasteiger partial charge in [0.05, 0.1) is 10.2 Å². The minimum atomic E-state index is -0.570. The predicted octanol–water partition coefficient (Wildman–Crippen LogP) is 2.32. The van der Waals surface area contributed by atoms with Gasteiger partial charge in [0.25, 0.3) is 5.69 Å². The van der Waals surface area contributed by atoms with E-state index in [4.69, 9.17) is 5.84 Å². The topological polar surface area (TPSA) is 129 Å². The molecule has 0 radical (unpaired) electrons. The largest absolute Gasteiger partial charge is 0.336 e. The Hall–Kier alpha value is -2.62. The Morgan fingerprint density at radius 1 is 1.36 bits per heavy atom. The minimum Gasteiger partial charge on any atom is -0.336 e. The van der Waals surface area contributed by atoms with Crippen LogP contribution in [0.1, 0.15) is 33.5 Å². The van der Waals surface area contributed by atoms with Crippen molar-refractivity contribution >= 4 is 29.0 Å². The van der Waals surface area contributed by atoms with Gasteiger partial charge in [0.1, 0.15) is 5.69 Å². The van der Waals surface area contributed by atoms with Gasteiger partial charge in [0.15, 0.2) is 5.82 Å². The molecule has 1 aromatic carbocycles. The summed E-state index contributed by atoms with van der Waals surface area (Å²) in [4.78, 5) is 22.8. The third-order valence-corrected chi connectivity index (χ3v) is 4.40. The number of nitrogens with one attached hydrogen (secondary N) is 1. The molecular formula is C15H20N6O3S. The van der Waals surface area contributed by atoms with E-state index in [-0.39, 0.29) is 22.7 Å². The van der Waals surface area contributed by atoms with Gasteiger partial charge in [-0.2, -0.15) is 0 Å². The normalized spacial score (nSPS) is 12.6. The van der Waals surface area contributed by atoms with Crippen molar-refractivity contribution in [1.29, 1.82) is 0 Å². The number of nitro groups is 1. The Bertz CT molecular complexity index is 799. The summed E-state index contributed by atoms with van der Waals surface area (Å²) in [5.41, 5.74) is -0.295. The number of hydrogen-bond donors (Lipinski definition) is 2. The highest BCUT2D eigenvalue weighted by molar-refractivity contribution is 8.00. The lowest BCUT2D eigenvalue weighted by molar-refractivity contribution is -0.383. The molecule has 25 heavy (non-hydrogen) atoms. The summed E-state index contributed by atoms with van der Waals surface area (Å²) in [5.74, 6) is 6.21. The molecule has 0 aliphatic heterocycles. The van der Waals surface area contributed by atoms with Gasteiger partial charge in [-0.15, -0.1) is 10.2 Å². The molecule has 0 saturated carbocycles. The van der Waals surface area contributed by atoms with Crippen LogP contribution in [-0.4, -0.2) is 31.0 Å². The maximum absolute atomic E-state index is 12.4. The summed E-state index contributed by atoms with van der Waals surface area (Å²) >= 11 is 1.13. The molecule has 0 fully saturated rings. The molecule has 0 saturated heterocycles. The van der Waals surface area contributed by atoms with E-state index in [9.17, 15) is 14.9 Å². The minimum absolute atomic E-state index is 0.148. The van der Waals surface area contributed by atoms with E-state index in [1.165, 1.54) is 22.9 Å². The molecule has 0 bridgehead atoms. The van der Waals surface area contributed by atoms with E-state index in [1.807, 2.05) is 20.8 Å². The number of anilines is 1. The van der Waals surface area contributed by atoms with E-state index in [0.29, 0.717) is 11.0 Å². The van der Waals surface area contributed by atoms with Crippen molar-refractivity contribution in [1.82, 2.24) is 14.9 Å². The lowest BCUT2D eigenvalue weighted by Gasteiger charge is -2.17. The van der Waals surface area contributed by atoms with Crippen LogP contribution in [0.15, 0.2) is 29.4 Å². The van der Waals surface area contributed by atoms with Gasteiger partial charge in [-0.3, -0.25) is 14.9 Å². The first kappa shape index (κ1) is 18.7. The summed E-state index contributed by atoms with van der Waals surface area (Å²) in [6.07, 6.45) is 0. The highest BCUT2D eigenvalue weighted by atomic mass is 32.2. The van der Waals surface area contributed by atoms with Crippen molar-refractivity contribution in [3.8, 4) is 0 Å². The molecule has 0 aliphatic carbocycles. The average Bonchev–Trinajstić information content (AvgIpc) is 2.88. The van der Waals surface area contributed by atoms with Crippen LogP contribution in [0, 0.1) is 10.1 Å². The van der Waals surface area contributed by atoms with Gasteiger partial charge < -0.3 is 11.2 Å². The number of benzene rings is 1. The third-order valence-electron chi connectivity index (χ3n) is 3.35. The molecule has 1 atom stereocenters. The number of carbonyl (C=O) groups is 1. The van der Waals surface area contributed by atoms with Crippen LogP contribution in [0.25, 0.3) is 0 Å². The average molecular weight is 364 g/mol. The molecule has 2 rings (SSSR count). The molecule has 0 spiro atoms. The van der Waals surface area contributed by atoms with Crippen LogP contribution >= 0.6 is 11.8 Å². The molecule has 1 amide bonds. The summed E-state index contributed by atoms with van der Waals surface area (Å²) in [6, 6.07) is 5.97. The lowest BCUT2D eigenvalue weighted by Crippen LogP contribution is -2.26. The van der Waals surface area contributed by atoms with Gasteiger partial charge in [0.2, 0.25) is 11.1 Å². The zero-order chi connectivity index (χ0) is 18.8. The van der Waals surface area contributed by atoms with E-state index >= 15 is 0 Å². The summed E-state index contributed by atoms with van der Waals surface area (Å²) in [5, 5.41) is 21.5. The number of para-hydroxylation sites is 2. The summed E-state index contributed by atoms with van der Waals surface area (Å²) < 4.78 is 1.36. The van der Waals surface area contributed by atoms with Crippen molar-refractivity contribution in [3.63, 3.8) is 0 Å². The zero-order valence-electron chi connectivity index (χ0n) is 14.4. The van der Waals surface area contributed by atoms with E-state index in [2.05, 4.69) is 15.5 Å². The second-order valence-corrected chi connectivity index (χ2v) is 7.76. The molecule has 0 aliphatic rings. The van der Waals surface area contributed by atoms with Crippen LogP contribution in [0.3, 0.4) is 0 Å². The second kappa shape index (κ2) is 7.09. The Labute approximate surface area is 149 Å². The van der Waals surface area contributed by atoms with Crippen molar-refractivity contribution in [3.05, 3.63) is 40.2 Å². The second-order valence-electron chi connectivity index (χ2n) is 6.45. The maximum Gasteiger partial charge on any atom is 0.292 e. The van der Waals surface area contributed by atoms with Crippen LogP contribution in [0.5, 0.6) is 0 Å². The monoisotopic (exact) mass is 364 g/mol. The number of nitrogen functional groups attached to an aromatic ring is 1. The van der Waals surface area contributed by atoms with Gasteiger partial charge in [-0.1, -0.05) is 44.7 Å². The number of amides is 1. The Morgan fingerprint density at radius 2 is 2.00 bits per heavy atom. The van der Waals surface area contributed by atoms with Crippen LogP contribution in [0.2, 0.25) is 0 Å². The molecule has 2 aromatic rings. The number of nitrogens with zero attached hydrogens (tertiary/aromatic N) is 4. The van der Waals surface area contributed by atoms with Crippen molar-refractivity contribution in [2.45, 2.75) is 43.5 Å². The number of thioether (sulfide) groups is 1. The molecular weight excluding hydrogens is 344 g/mol. The van der Waals surface area contributed by atoms with Gasteiger partial charge in [-0.25, -0.2) is 4.68 Å². The highest BCUT2D eigenvalue weighted by Crippen LogP contribution is 2.28.